The first-order valence-electron chi connectivity index (χ1n) is 11.6. The summed E-state index contributed by atoms with van der Waals surface area (Å²) in [6.07, 6.45) is 6.88. The fraction of sp³-hybridized carbons (Fsp3) is 0.345. The van der Waals surface area contributed by atoms with Crippen molar-refractivity contribution in [1.82, 2.24) is 0 Å². The van der Waals surface area contributed by atoms with E-state index in [0.717, 1.165) is 28.0 Å². The molecule has 5 aliphatic carbocycles. The largest absolute Gasteiger partial charge is 0.192 e. The maximum absolute atomic E-state index is 9.68. The van der Waals surface area contributed by atoms with Crippen molar-refractivity contribution in [2.75, 3.05) is 0 Å². The summed E-state index contributed by atoms with van der Waals surface area (Å²) in [5.41, 5.74) is 8.83. The lowest BCUT2D eigenvalue weighted by atomic mass is 9.43. The van der Waals surface area contributed by atoms with Crippen LogP contribution >= 0.6 is 11.6 Å². The molecule has 8 rings (SSSR count). The fourth-order valence-corrected chi connectivity index (χ4v) is 8.38. The predicted octanol–water partition coefficient (Wildman–Crippen LogP) is 7.60. The van der Waals surface area contributed by atoms with Crippen molar-refractivity contribution in [3.63, 3.8) is 0 Å². The van der Waals surface area contributed by atoms with Gasteiger partial charge in [-0.3, -0.25) is 0 Å². The zero-order valence-corrected chi connectivity index (χ0v) is 18.2. The molecule has 1 spiro atoms. The lowest BCUT2D eigenvalue weighted by molar-refractivity contribution is -0.0399. The van der Waals surface area contributed by atoms with E-state index >= 15 is 0 Å². The third-order valence-corrected chi connectivity index (χ3v) is 9.29. The summed E-state index contributed by atoms with van der Waals surface area (Å²) in [6.45, 7) is 0. The van der Waals surface area contributed by atoms with Crippen LogP contribution in [0.25, 0.3) is 22.3 Å². The van der Waals surface area contributed by atoms with E-state index < -0.39 is 0 Å². The van der Waals surface area contributed by atoms with Gasteiger partial charge in [-0.1, -0.05) is 48.0 Å². The predicted molar refractivity (Wildman–Crippen MR) is 125 cm³/mol. The van der Waals surface area contributed by atoms with Gasteiger partial charge in [-0.2, -0.15) is 5.26 Å². The van der Waals surface area contributed by atoms with Crippen LogP contribution in [0.3, 0.4) is 0 Å². The molecule has 3 aromatic rings. The Hall–Kier alpha value is -2.56. The van der Waals surface area contributed by atoms with Crippen LogP contribution in [0.2, 0.25) is 5.02 Å². The van der Waals surface area contributed by atoms with Gasteiger partial charge < -0.3 is 0 Å². The molecule has 31 heavy (non-hydrogen) atoms. The maximum Gasteiger partial charge on any atom is 0.0991 e. The van der Waals surface area contributed by atoms with Gasteiger partial charge in [-0.25, -0.2) is 0 Å². The second kappa shape index (κ2) is 6.24. The summed E-state index contributed by atoms with van der Waals surface area (Å²) >= 11 is 6.55. The number of fused-ring (bicyclic) bond motifs is 3. The Morgan fingerprint density at radius 2 is 1.48 bits per heavy atom. The normalized spacial score (nSPS) is 31.5. The molecular weight excluding hydrogens is 398 g/mol. The summed E-state index contributed by atoms with van der Waals surface area (Å²) in [7, 11) is 0. The van der Waals surface area contributed by atoms with Crippen LogP contribution < -0.4 is 0 Å². The number of hydrogen-bond donors (Lipinski definition) is 0. The molecule has 0 N–H and O–H groups in total. The van der Waals surface area contributed by atoms with Crippen molar-refractivity contribution in [2.24, 2.45) is 23.7 Å². The van der Waals surface area contributed by atoms with Gasteiger partial charge in [0.15, 0.2) is 0 Å². The molecule has 5 aliphatic rings. The summed E-state index contributed by atoms with van der Waals surface area (Å²) in [6, 6.07) is 24.0. The number of nitriles is 1. The molecule has 0 amide bonds. The highest BCUT2D eigenvalue weighted by Crippen LogP contribution is 2.69. The van der Waals surface area contributed by atoms with Crippen molar-refractivity contribution in [3.8, 4) is 28.3 Å². The van der Waals surface area contributed by atoms with Crippen LogP contribution in [0.15, 0.2) is 60.7 Å². The molecule has 4 saturated carbocycles. The standard InChI is InChI=1S/C29H24ClN/c30-28-4-2-1-3-23(28)20-6-8-26-25(15-20)24-7-5-17(16-31)14-27(24)29(26)21-10-18-9-19(12-21)13-22(29)11-18/h1-8,14-15,18-19,21-22H,9-13H2. The second-order valence-corrected chi connectivity index (χ2v) is 10.7. The summed E-state index contributed by atoms with van der Waals surface area (Å²) < 4.78 is 0. The van der Waals surface area contributed by atoms with Gasteiger partial charge in [-0.15, -0.1) is 0 Å². The molecule has 1 nitrogen and oxygen atoms in total. The lowest BCUT2D eigenvalue weighted by Gasteiger charge is -2.61. The van der Waals surface area contributed by atoms with Gasteiger partial charge in [0.2, 0.25) is 0 Å². The Morgan fingerprint density at radius 1 is 0.742 bits per heavy atom. The van der Waals surface area contributed by atoms with Gasteiger partial charge in [0.05, 0.1) is 11.6 Å². The number of nitrogens with zero attached hydrogens (tertiary/aromatic N) is 1. The Bertz CT molecular complexity index is 1250. The minimum Gasteiger partial charge on any atom is -0.192 e. The SMILES string of the molecule is N#Cc1ccc2c(c1)C1(c3ccc(-c4ccccc4Cl)cc3-2)C2CC3CC(C2)CC1C3. The number of halogens is 1. The highest BCUT2D eigenvalue weighted by molar-refractivity contribution is 6.33. The number of hydrogen-bond acceptors (Lipinski definition) is 1. The van der Waals surface area contributed by atoms with E-state index in [-0.39, 0.29) is 5.41 Å². The summed E-state index contributed by atoms with van der Waals surface area (Å²) in [5.74, 6) is 3.26. The summed E-state index contributed by atoms with van der Waals surface area (Å²) in [4.78, 5) is 0. The topological polar surface area (TPSA) is 23.8 Å². The molecule has 3 aromatic carbocycles. The number of rotatable bonds is 1. The first-order chi connectivity index (χ1) is 15.2. The quantitative estimate of drug-likeness (QED) is 0.396. The molecular formula is C29H24ClN. The molecule has 0 heterocycles. The molecule has 152 valence electrons. The smallest absolute Gasteiger partial charge is 0.0991 e. The zero-order valence-electron chi connectivity index (χ0n) is 17.4. The third kappa shape index (κ3) is 2.27. The van der Waals surface area contributed by atoms with Crippen molar-refractivity contribution < 1.29 is 0 Å². The van der Waals surface area contributed by atoms with Gasteiger partial charge in [-0.05, 0) is 108 Å². The second-order valence-electron chi connectivity index (χ2n) is 10.3. The minimum atomic E-state index is 0.101. The molecule has 2 heteroatoms. The molecule has 0 atom stereocenters. The Morgan fingerprint density at radius 3 is 2.19 bits per heavy atom. The monoisotopic (exact) mass is 421 g/mol. The van der Waals surface area contributed by atoms with Gasteiger partial charge >= 0.3 is 0 Å². The highest BCUT2D eigenvalue weighted by atomic mass is 35.5. The average molecular weight is 422 g/mol. The van der Waals surface area contributed by atoms with Crippen LogP contribution in [0.1, 0.15) is 48.8 Å². The van der Waals surface area contributed by atoms with Gasteiger partial charge in [0.1, 0.15) is 0 Å². The fourth-order valence-electron chi connectivity index (χ4n) is 8.13. The molecule has 4 bridgehead atoms. The van der Waals surface area contributed by atoms with Gasteiger partial charge in [0, 0.05) is 16.0 Å². The van der Waals surface area contributed by atoms with E-state index in [9.17, 15) is 5.26 Å². The third-order valence-electron chi connectivity index (χ3n) is 8.96. The van der Waals surface area contributed by atoms with Crippen molar-refractivity contribution in [2.45, 2.75) is 37.5 Å². The van der Waals surface area contributed by atoms with Crippen LogP contribution in [-0.4, -0.2) is 0 Å². The van der Waals surface area contributed by atoms with E-state index in [1.54, 1.807) is 0 Å². The molecule has 0 radical (unpaired) electrons. The maximum atomic E-state index is 9.68. The first-order valence-corrected chi connectivity index (χ1v) is 12.0. The van der Waals surface area contributed by atoms with E-state index in [1.165, 1.54) is 59.9 Å². The van der Waals surface area contributed by atoms with Crippen LogP contribution in [0, 0.1) is 35.0 Å². The summed E-state index contributed by atoms with van der Waals surface area (Å²) in [5, 5.41) is 10.5. The van der Waals surface area contributed by atoms with Crippen molar-refractivity contribution >= 4 is 11.6 Å². The Balaban J connectivity index is 1.50. The molecule has 4 fully saturated rings. The molecule has 0 aromatic heterocycles. The van der Waals surface area contributed by atoms with Crippen LogP contribution in [0.5, 0.6) is 0 Å². The van der Waals surface area contributed by atoms with Crippen LogP contribution in [-0.2, 0) is 5.41 Å². The highest BCUT2D eigenvalue weighted by Gasteiger charge is 2.61. The van der Waals surface area contributed by atoms with E-state index in [1.807, 2.05) is 18.2 Å². The zero-order chi connectivity index (χ0) is 20.7. The number of benzene rings is 3. The average Bonchev–Trinajstić information content (AvgIpc) is 3.07. The molecule has 0 saturated heterocycles. The van der Waals surface area contributed by atoms with Crippen LogP contribution in [0.4, 0.5) is 0 Å². The Kier molecular flexibility index (Phi) is 3.63. The first kappa shape index (κ1) is 18.1. The van der Waals surface area contributed by atoms with Gasteiger partial charge in [0.25, 0.3) is 0 Å². The van der Waals surface area contributed by atoms with E-state index in [4.69, 9.17) is 11.6 Å². The molecule has 0 aliphatic heterocycles. The molecule has 0 unspecified atom stereocenters. The van der Waals surface area contributed by atoms with Crippen molar-refractivity contribution in [1.29, 1.82) is 5.26 Å². The van der Waals surface area contributed by atoms with E-state index in [0.29, 0.717) is 11.8 Å². The lowest BCUT2D eigenvalue weighted by Crippen LogP contribution is -2.55. The van der Waals surface area contributed by atoms with Crippen molar-refractivity contribution in [3.05, 3.63) is 82.4 Å². The van der Waals surface area contributed by atoms with E-state index in [2.05, 4.69) is 48.5 Å². The Labute approximate surface area is 188 Å². The minimum absolute atomic E-state index is 0.101.